The maximum atomic E-state index is 11.4. The maximum Gasteiger partial charge on any atom is 0.284 e. The van der Waals surface area contributed by atoms with E-state index in [4.69, 9.17) is 0 Å². The van der Waals surface area contributed by atoms with Crippen LogP contribution in [0.15, 0.2) is 42.6 Å². The predicted octanol–water partition coefficient (Wildman–Crippen LogP) is 3.81. The lowest BCUT2D eigenvalue weighted by molar-refractivity contribution is -0.383. The molecule has 0 unspecified atom stereocenters. The Bertz CT molecular complexity index is 673. The van der Waals surface area contributed by atoms with Crippen molar-refractivity contribution in [3.63, 3.8) is 0 Å². The van der Waals surface area contributed by atoms with E-state index in [2.05, 4.69) is 4.90 Å². The molecule has 0 bridgehead atoms. The third kappa shape index (κ3) is 2.37. The van der Waals surface area contributed by atoms with Crippen LogP contribution in [0, 0.1) is 10.1 Å². The molecule has 2 aromatic carbocycles. The fourth-order valence-electron chi connectivity index (χ4n) is 2.69. The number of nitrogens with zero attached hydrogens (tertiary/aromatic N) is 2. The first-order valence-electron chi connectivity index (χ1n) is 6.84. The average Bonchev–Trinajstić information content (AvgIpc) is 2.97. The minimum absolute atomic E-state index is 0.193. The first kappa shape index (κ1) is 12.7. The Kier molecular flexibility index (Phi) is 3.37. The molecule has 1 fully saturated rings. The zero-order chi connectivity index (χ0) is 13.9. The van der Waals surface area contributed by atoms with Crippen LogP contribution in [0.3, 0.4) is 0 Å². The molecule has 1 saturated heterocycles. The second kappa shape index (κ2) is 5.33. The monoisotopic (exact) mass is 268 g/mol. The highest BCUT2D eigenvalue weighted by molar-refractivity contribution is 5.94. The normalized spacial score (nSPS) is 15.3. The van der Waals surface area contributed by atoms with E-state index < -0.39 is 0 Å². The number of fused-ring (bicyclic) bond motifs is 1. The van der Waals surface area contributed by atoms with Gasteiger partial charge in [0.25, 0.3) is 5.69 Å². The van der Waals surface area contributed by atoms with Gasteiger partial charge in [0.05, 0.1) is 15.9 Å². The average molecular weight is 268 g/mol. The van der Waals surface area contributed by atoms with Gasteiger partial charge in [0, 0.05) is 13.1 Å². The van der Waals surface area contributed by atoms with Crippen molar-refractivity contribution in [2.45, 2.75) is 12.8 Å². The van der Waals surface area contributed by atoms with E-state index in [0.717, 1.165) is 18.5 Å². The Morgan fingerprint density at radius 2 is 1.85 bits per heavy atom. The predicted molar refractivity (Wildman–Crippen MR) is 80.4 cm³/mol. The van der Waals surface area contributed by atoms with E-state index in [9.17, 15) is 10.1 Å². The van der Waals surface area contributed by atoms with Crippen LogP contribution in [0.5, 0.6) is 0 Å². The summed E-state index contributed by atoms with van der Waals surface area (Å²) in [4.78, 5) is 13.3. The summed E-state index contributed by atoms with van der Waals surface area (Å²) in [6, 6.07) is 11.2. The van der Waals surface area contributed by atoms with E-state index in [1.165, 1.54) is 12.8 Å². The number of nitro groups is 1. The Morgan fingerprint density at radius 1 is 1.10 bits per heavy atom. The molecule has 1 aliphatic heterocycles. The van der Waals surface area contributed by atoms with Crippen LogP contribution >= 0.6 is 0 Å². The van der Waals surface area contributed by atoms with Crippen LogP contribution in [0.4, 0.5) is 5.69 Å². The SMILES string of the molecule is O=[N+]([O-])c1c(/C=C/N2CCCC2)ccc2ccccc12. The van der Waals surface area contributed by atoms with E-state index in [-0.39, 0.29) is 10.6 Å². The van der Waals surface area contributed by atoms with Gasteiger partial charge in [-0.15, -0.1) is 0 Å². The van der Waals surface area contributed by atoms with Crippen molar-refractivity contribution >= 4 is 22.5 Å². The van der Waals surface area contributed by atoms with E-state index in [0.29, 0.717) is 10.9 Å². The van der Waals surface area contributed by atoms with Gasteiger partial charge in [-0.1, -0.05) is 24.3 Å². The molecule has 1 heterocycles. The number of rotatable bonds is 3. The fraction of sp³-hybridized carbons (Fsp3) is 0.250. The van der Waals surface area contributed by atoms with Gasteiger partial charge in [0.2, 0.25) is 0 Å². The van der Waals surface area contributed by atoms with Crippen molar-refractivity contribution < 1.29 is 4.92 Å². The first-order chi connectivity index (χ1) is 9.75. The summed E-state index contributed by atoms with van der Waals surface area (Å²) in [5, 5.41) is 13.0. The number of benzene rings is 2. The third-order valence-corrected chi connectivity index (χ3v) is 3.72. The fourth-order valence-corrected chi connectivity index (χ4v) is 2.69. The molecule has 20 heavy (non-hydrogen) atoms. The van der Waals surface area contributed by atoms with Crippen molar-refractivity contribution in [3.8, 4) is 0 Å². The molecule has 4 heteroatoms. The maximum absolute atomic E-state index is 11.4. The lowest BCUT2D eigenvalue weighted by Crippen LogP contribution is -2.10. The molecule has 2 aromatic rings. The van der Waals surface area contributed by atoms with Crippen molar-refractivity contribution in [1.29, 1.82) is 0 Å². The minimum Gasteiger partial charge on any atom is -0.377 e. The molecule has 0 amide bonds. The van der Waals surface area contributed by atoms with Gasteiger partial charge in [-0.05, 0) is 42.6 Å². The van der Waals surface area contributed by atoms with Crippen LogP contribution < -0.4 is 0 Å². The second-order valence-electron chi connectivity index (χ2n) is 5.04. The van der Waals surface area contributed by atoms with Crippen molar-refractivity contribution in [2.24, 2.45) is 0 Å². The number of likely N-dealkylation sites (tertiary alicyclic amines) is 1. The molecule has 1 aliphatic rings. The van der Waals surface area contributed by atoms with E-state index in [1.54, 1.807) is 6.07 Å². The lowest BCUT2D eigenvalue weighted by Gasteiger charge is -2.10. The standard InChI is InChI=1S/C16H16N2O2/c19-18(20)16-14(9-12-17-10-3-4-11-17)8-7-13-5-1-2-6-15(13)16/h1-2,5-9,12H,3-4,10-11H2/b12-9+. The van der Waals surface area contributed by atoms with Crippen LogP contribution in [-0.4, -0.2) is 22.9 Å². The molecule has 0 N–H and O–H groups in total. The number of nitro benzene ring substituents is 1. The van der Waals surface area contributed by atoms with Gasteiger partial charge in [-0.3, -0.25) is 10.1 Å². The molecule has 102 valence electrons. The van der Waals surface area contributed by atoms with Gasteiger partial charge in [-0.2, -0.15) is 0 Å². The summed E-state index contributed by atoms with van der Waals surface area (Å²) in [6.07, 6.45) is 6.23. The molecular formula is C16H16N2O2. The molecule has 0 radical (unpaired) electrons. The van der Waals surface area contributed by atoms with Crippen LogP contribution in [-0.2, 0) is 0 Å². The number of hydrogen-bond acceptors (Lipinski definition) is 3. The Hall–Kier alpha value is -2.36. The van der Waals surface area contributed by atoms with Crippen LogP contribution in [0.25, 0.3) is 16.8 Å². The van der Waals surface area contributed by atoms with Crippen LogP contribution in [0.2, 0.25) is 0 Å². The summed E-state index contributed by atoms with van der Waals surface area (Å²) in [6.45, 7) is 2.08. The van der Waals surface area contributed by atoms with Gasteiger partial charge < -0.3 is 4.90 Å². The Balaban J connectivity index is 2.05. The van der Waals surface area contributed by atoms with Crippen LogP contribution in [0.1, 0.15) is 18.4 Å². The quantitative estimate of drug-likeness (QED) is 0.628. The van der Waals surface area contributed by atoms with Crippen molar-refractivity contribution in [3.05, 3.63) is 58.3 Å². The number of hydrogen-bond donors (Lipinski definition) is 0. The third-order valence-electron chi connectivity index (χ3n) is 3.72. The van der Waals surface area contributed by atoms with Gasteiger partial charge in [0.15, 0.2) is 0 Å². The Labute approximate surface area is 117 Å². The minimum atomic E-state index is -0.286. The zero-order valence-electron chi connectivity index (χ0n) is 11.2. The second-order valence-corrected chi connectivity index (χ2v) is 5.04. The highest BCUT2D eigenvalue weighted by Crippen LogP contribution is 2.30. The first-order valence-corrected chi connectivity index (χ1v) is 6.84. The summed E-state index contributed by atoms with van der Waals surface area (Å²) in [5.74, 6) is 0. The topological polar surface area (TPSA) is 46.4 Å². The largest absolute Gasteiger partial charge is 0.377 e. The molecule has 0 aliphatic carbocycles. The summed E-state index contributed by atoms with van der Waals surface area (Å²) in [7, 11) is 0. The molecule has 0 aromatic heterocycles. The van der Waals surface area contributed by atoms with Gasteiger partial charge in [-0.25, -0.2) is 0 Å². The highest BCUT2D eigenvalue weighted by Gasteiger charge is 2.16. The lowest BCUT2D eigenvalue weighted by atomic mass is 10.0. The molecular weight excluding hydrogens is 252 g/mol. The molecule has 0 spiro atoms. The molecule has 0 saturated carbocycles. The Morgan fingerprint density at radius 3 is 2.60 bits per heavy atom. The molecule has 0 atom stereocenters. The highest BCUT2D eigenvalue weighted by atomic mass is 16.6. The zero-order valence-corrected chi connectivity index (χ0v) is 11.2. The van der Waals surface area contributed by atoms with Crippen molar-refractivity contribution in [2.75, 3.05) is 13.1 Å². The van der Waals surface area contributed by atoms with Gasteiger partial charge in [0.1, 0.15) is 0 Å². The van der Waals surface area contributed by atoms with E-state index in [1.807, 2.05) is 42.6 Å². The van der Waals surface area contributed by atoms with Crippen molar-refractivity contribution in [1.82, 2.24) is 4.90 Å². The molecule has 4 nitrogen and oxygen atoms in total. The van der Waals surface area contributed by atoms with Gasteiger partial charge >= 0.3 is 0 Å². The summed E-state index contributed by atoms with van der Waals surface area (Å²) < 4.78 is 0. The smallest absolute Gasteiger partial charge is 0.284 e. The summed E-state index contributed by atoms with van der Waals surface area (Å²) in [5.41, 5.74) is 0.860. The summed E-state index contributed by atoms with van der Waals surface area (Å²) >= 11 is 0. The molecule has 3 rings (SSSR count). The van der Waals surface area contributed by atoms with E-state index >= 15 is 0 Å².